The molecule has 24 heavy (non-hydrogen) atoms. The van der Waals surface area contributed by atoms with Crippen molar-refractivity contribution in [3.8, 4) is 11.1 Å². The van der Waals surface area contributed by atoms with Gasteiger partial charge in [-0.1, -0.05) is 24.3 Å². The number of hydrazone groups is 1. The van der Waals surface area contributed by atoms with E-state index in [4.69, 9.17) is 5.10 Å². The molecule has 0 spiro atoms. The van der Waals surface area contributed by atoms with E-state index in [2.05, 4.69) is 60.2 Å². The SMILES string of the molecule is CC(C)N1CN2C(=N1)c1cc3c(cc1-c1ccccc12)CCCC3. The van der Waals surface area contributed by atoms with Gasteiger partial charge in [0, 0.05) is 17.2 Å². The smallest absolute Gasteiger partial charge is 0.162 e. The third-order valence-corrected chi connectivity index (χ3v) is 5.57. The first-order valence-electron chi connectivity index (χ1n) is 9.11. The Labute approximate surface area is 143 Å². The summed E-state index contributed by atoms with van der Waals surface area (Å²) in [5, 5.41) is 7.17. The van der Waals surface area contributed by atoms with Crippen LogP contribution in [-0.4, -0.2) is 23.6 Å². The van der Waals surface area contributed by atoms with E-state index in [9.17, 15) is 0 Å². The Morgan fingerprint density at radius 3 is 2.38 bits per heavy atom. The van der Waals surface area contributed by atoms with Gasteiger partial charge in [-0.25, -0.2) is 0 Å². The van der Waals surface area contributed by atoms with Gasteiger partial charge in [0.15, 0.2) is 5.84 Å². The zero-order valence-corrected chi connectivity index (χ0v) is 14.4. The summed E-state index contributed by atoms with van der Waals surface area (Å²) in [6.07, 6.45) is 5.07. The van der Waals surface area contributed by atoms with Crippen LogP contribution in [0.1, 0.15) is 43.4 Å². The zero-order valence-electron chi connectivity index (χ0n) is 14.4. The van der Waals surface area contributed by atoms with Gasteiger partial charge in [-0.15, -0.1) is 0 Å². The molecule has 122 valence electrons. The van der Waals surface area contributed by atoms with Gasteiger partial charge < -0.3 is 4.90 Å². The van der Waals surface area contributed by atoms with Gasteiger partial charge in [-0.05, 0) is 68.4 Å². The largest absolute Gasteiger partial charge is 0.304 e. The number of fused-ring (bicyclic) bond motifs is 7. The quantitative estimate of drug-likeness (QED) is 0.776. The van der Waals surface area contributed by atoms with E-state index in [0.717, 1.165) is 12.5 Å². The summed E-state index contributed by atoms with van der Waals surface area (Å²) in [5.74, 6) is 1.13. The Kier molecular flexibility index (Phi) is 2.99. The Morgan fingerprint density at radius 2 is 1.62 bits per heavy atom. The van der Waals surface area contributed by atoms with Gasteiger partial charge in [0.25, 0.3) is 0 Å². The minimum Gasteiger partial charge on any atom is -0.304 e. The molecule has 0 amide bonds. The van der Waals surface area contributed by atoms with Crippen LogP contribution in [0.2, 0.25) is 0 Å². The number of nitrogens with zero attached hydrogens (tertiary/aromatic N) is 3. The molecule has 2 aromatic rings. The second-order valence-corrected chi connectivity index (χ2v) is 7.42. The summed E-state index contributed by atoms with van der Waals surface area (Å²) < 4.78 is 0. The standard InChI is InChI=1S/C21H23N3/c1-14(2)24-13-23-20-10-6-5-9-17(20)18-11-15-7-3-4-8-16(15)12-19(18)21(23)22-24/h5-6,9-12,14H,3-4,7-8,13H2,1-2H3. The Balaban J connectivity index is 1.76. The van der Waals surface area contributed by atoms with Gasteiger partial charge in [0.1, 0.15) is 6.67 Å². The molecule has 3 heteroatoms. The van der Waals surface area contributed by atoms with E-state index >= 15 is 0 Å². The first-order valence-corrected chi connectivity index (χ1v) is 9.11. The van der Waals surface area contributed by atoms with Crippen molar-refractivity contribution in [2.75, 3.05) is 11.6 Å². The Hall–Kier alpha value is -2.29. The average molecular weight is 317 g/mol. The number of hydrogen-bond donors (Lipinski definition) is 0. The van der Waals surface area contributed by atoms with Crippen LogP contribution in [0.3, 0.4) is 0 Å². The molecule has 0 N–H and O–H groups in total. The number of aryl methyl sites for hydroxylation is 2. The second kappa shape index (κ2) is 5.10. The molecule has 0 aromatic heterocycles. The maximum atomic E-state index is 4.97. The molecule has 0 saturated carbocycles. The van der Waals surface area contributed by atoms with Crippen LogP contribution in [0.15, 0.2) is 41.5 Å². The minimum atomic E-state index is 0.413. The molecule has 2 aliphatic heterocycles. The van der Waals surface area contributed by atoms with Crippen LogP contribution in [0, 0.1) is 0 Å². The number of para-hydroxylation sites is 1. The summed E-state index contributed by atoms with van der Waals surface area (Å²) in [7, 11) is 0. The molecular weight excluding hydrogens is 294 g/mol. The molecule has 3 nitrogen and oxygen atoms in total. The zero-order chi connectivity index (χ0) is 16.3. The van der Waals surface area contributed by atoms with Crippen LogP contribution < -0.4 is 4.90 Å². The second-order valence-electron chi connectivity index (χ2n) is 7.42. The molecule has 2 aromatic carbocycles. The van der Waals surface area contributed by atoms with Gasteiger partial charge in [0.2, 0.25) is 0 Å². The fourth-order valence-corrected chi connectivity index (χ4v) is 4.22. The van der Waals surface area contributed by atoms with Crippen LogP contribution in [0.4, 0.5) is 5.69 Å². The van der Waals surface area contributed by atoms with Crippen LogP contribution in [-0.2, 0) is 12.8 Å². The highest BCUT2D eigenvalue weighted by Crippen LogP contribution is 2.43. The van der Waals surface area contributed by atoms with Gasteiger partial charge in [-0.3, -0.25) is 5.01 Å². The first-order chi connectivity index (χ1) is 11.7. The van der Waals surface area contributed by atoms with E-state index < -0.39 is 0 Å². The highest BCUT2D eigenvalue weighted by atomic mass is 15.6. The van der Waals surface area contributed by atoms with Crippen molar-refractivity contribution in [2.24, 2.45) is 5.10 Å². The molecule has 0 radical (unpaired) electrons. The third-order valence-electron chi connectivity index (χ3n) is 5.57. The monoisotopic (exact) mass is 317 g/mol. The molecule has 2 heterocycles. The van der Waals surface area contributed by atoms with Gasteiger partial charge in [0.05, 0.1) is 5.69 Å². The number of amidine groups is 1. The molecule has 0 fully saturated rings. The lowest BCUT2D eigenvalue weighted by molar-refractivity contribution is 0.258. The number of rotatable bonds is 1. The summed E-state index contributed by atoms with van der Waals surface area (Å²) >= 11 is 0. The van der Waals surface area contributed by atoms with E-state index in [1.165, 1.54) is 53.6 Å². The van der Waals surface area contributed by atoms with Crippen molar-refractivity contribution in [1.82, 2.24) is 5.01 Å². The fourth-order valence-electron chi connectivity index (χ4n) is 4.22. The van der Waals surface area contributed by atoms with Gasteiger partial charge >= 0.3 is 0 Å². The van der Waals surface area contributed by atoms with Crippen molar-refractivity contribution in [2.45, 2.75) is 45.6 Å². The molecule has 3 aliphatic rings. The van der Waals surface area contributed by atoms with Crippen LogP contribution >= 0.6 is 0 Å². The topological polar surface area (TPSA) is 18.8 Å². The van der Waals surface area contributed by atoms with E-state index in [1.807, 2.05) is 0 Å². The lowest BCUT2D eigenvalue weighted by Crippen LogP contribution is -2.36. The maximum Gasteiger partial charge on any atom is 0.162 e. The highest BCUT2D eigenvalue weighted by molar-refractivity contribution is 6.19. The summed E-state index contributed by atoms with van der Waals surface area (Å²) in [5.41, 5.74) is 8.41. The van der Waals surface area contributed by atoms with Crippen LogP contribution in [0.25, 0.3) is 11.1 Å². The highest BCUT2D eigenvalue weighted by Gasteiger charge is 2.34. The minimum absolute atomic E-state index is 0.413. The van der Waals surface area contributed by atoms with Crippen molar-refractivity contribution >= 4 is 11.5 Å². The lowest BCUT2D eigenvalue weighted by atomic mass is 9.84. The molecular formula is C21H23N3. The summed E-state index contributed by atoms with van der Waals surface area (Å²) in [6.45, 7) is 5.27. The van der Waals surface area contributed by atoms with E-state index in [1.54, 1.807) is 5.56 Å². The average Bonchev–Trinajstić information content (AvgIpc) is 3.07. The molecule has 1 aliphatic carbocycles. The van der Waals surface area contributed by atoms with Crippen molar-refractivity contribution in [3.63, 3.8) is 0 Å². The molecule has 5 rings (SSSR count). The summed E-state index contributed by atoms with van der Waals surface area (Å²) in [6, 6.07) is 14.1. The maximum absolute atomic E-state index is 4.97. The van der Waals surface area contributed by atoms with E-state index in [0.29, 0.717) is 6.04 Å². The Bertz CT molecular complexity index is 850. The lowest BCUT2D eigenvalue weighted by Gasteiger charge is -2.31. The first kappa shape index (κ1) is 14.1. The van der Waals surface area contributed by atoms with Crippen molar-refractivity contribution in [1.29, 1.82) is 0 Å². The number of anilines is 1. The Morgan fingerprint density at radius 1 is 0.917 bits per heavy atom. The molecule has 0 atom stereocenters. The van der Waals surface area contributed by atoms with Gasteiger partial charge in [-0.2, -0.15) is 5.10 Å². The van der Waals surface area contributed by atoms with Crippen molar-refractivity contribution < 1.29 is 0 Å². The normalized spacial score (nSPS) is 18.0. The number of benzene rings is 2. The summed E-state index contributed by atoms with van der Waals surface area (Å²) in [4.78, 5) is 2.38. The fraction of sp³-hybridized carbons (Fsp3) is 0.381. The third kappa shape index (κ3) is 1.94. The predicted octanol–water partition coefficient (Wildman–Crippen LogP) is 4.40. The molecule has 0 saturated heterocycles. The predicted molar refractivity (Wildman–Crippen MR) is 99.4 cm³/mol. The van der Waals surface area contributed by atoms with Crippen LogP contribution in [0.5, 0.6) is 0 Å². The van der Waals surface area contributed by atoms with E-state index in [-0.39, 0.29) is 0 Å². The molecule has 0 unspecified atom stereocenters. The molecule has 0 bridgehead atoms. The van der Waals surface area contributed by atoms with Crippen molar-refractivity contribution in [3.05, 3.63) is 53.1 Å². The number of hydrogen-bond acceptors (Lipinski definition) is 3.